The zero-order valence-electron chi connectivity index (χ0n) is 13.4. The molecule has 3 nitrogen and oxygen atoms in total. The maximum atomic E-state index is 12.1. The van der Waals surface area contributed by atoms with Gasteiger partial charge in [-0.3, -0.25) is 4.79 Å². The van der Waals surface area contributed by atoms with E-state index in [9.17, 15) is 18.0 Å². The number of aryl methyl sites for hydroxylation is 2. The summed E-state index contributed by atoms with van der Waals surface area (Å²) in [5.74, 6) is -0.131. The molecule has 0 spiro atoms. The Morgan fingerprint density at radius 2 is 1.79 bits per heavy atom. The van der Waals surface area contributed by atoms with E-state index in [4.69, 9.17) is 0 Å². The van der Waals surface area contributed by atoms with Gasteiger partial charge in [0, 0.05) is 11.4 Å². The van der Waals surface area contributed by atoms with Crippen molar-refractivity contribution in [3.63, 3.8) is 0 Å². The van der Waals surface area contributed by atoms with Crippen LogP contribution in [0.5, 0.6) is 0 Å². The minimum absolute atomic E-state index is 0.0973. The minimum atomic E-state index is -4.32. The molecule has 0 radical (unpaired) electrons. The van der Waals surface area contributed by atoms with Crippen molar-refractivity contribution in [2.75, 3.05) is 6.61 Å². The molecule has 1 N–H and O–H groups in total. The predicted octanol–water partition coefficient (Wildman–Crippen LogP) is 4.37. The number of rotatable bonds is 6. The van der Waals surface area contributed by atoms with Gasteiger partial charge >= 0.3 is 6.18 Å². The fourth-order valence-corrected chi connectivity index (χ4v) is 2.94. The van der Waals surface area contributed by atoms with E-state index in [-0.39, 0.29) is 12.5 Å². The van der Waals surface area contributed by atoms with Gasteiger partial charge in [0.05, 0.1) is 11.5 Å². The van der Waals surface area contributed by atoms with Gasteiger partial charge in [-0.25, -0.2) is 0 Å². The van der Waals surface area contributed by atoms with Crippen LogP contribution in [0.25, 0.3) is 0 Å². The summed E-state index contributed by atoms with van der Waals surface area (Å²) in [5.41, 5.74) is 2.61. The molecule has 0 aliphatic rings. The molecule has 2 rings (SSSR count). The van der Waals surface area contributed by atoms with Crippen LogP contribution < -0.4 is 5.32 Å². The van der Waals surface area contributed by atoms with Gasteiger partial charge in [-0.05, 0) is 36.6 Å². The summed E-state index contributed by atoms with van der Waals surface area (Å²) in [6.07, 6.45) is -4.32. The lowest BCUT2D eigenvalue weighted by Crippen LogP contribution is -2.21. The maximum Gasteiger partial charge on any atom is 0.411 e. The summed E-state index contributed by atoms with van der Waals surface area (Å²) < 4.78 is 40.6. The molecule has 0 unspecified atom stereocenters. The molecule has 0 atom stereocenters. The summed E-state index contributed by atoms with van der Waals surface area (Å²) in [5, 5.41) is 2.83. The summed E-state index contributed by atoms with van der Waals surface area (Å²) in [6.45, 7) is 2.93. The third-order valence-electron chi connectivity index (χ3n) is 3.40. The van der Waals surface area contributed by atoms with Crippen LogP contribution in [0.2, 0.25) is 0 Å². The lowest BCUT2D eigenvalue weighted by molar-refractivity contribution is -0.176. The van der Waals surface area contributed by atoms with E-state index in [2.05, 4.69) is 10.1 Å². The van der Waals surface area contributed by atoms with Crippen LogP contribution in [0.15, 0.2) is 30.3 Å². The molecule has 2 aromatic rings. The van der Waals surface area contributed by atoms with Crippen LogP contribution in [0.1, 0.15) is 31.2 Å². The van der Waals surface area contributed by atoms with Crippen LogP contribution >= 0.6 is 11.3 Å². The summed E-state index contributed by atoms with van der Waals surface area (Å²) >= 11 is 1.45. The van der Waals surface area contributed by atoms with Gasteiger partial charge in [0.2, 0.25) is 0 Å². The number of thiophene rings is 1. The third kappa shape index (κ3) is 5.65. The smallest absolute Gasteiger partial charge is 0.367 e. The van der Waals surface area contributed by atoms with Crippen molar-refractivity contribution in [2.45, 2.75) is 33.2 Å². The fraction of sp³-hybridized carbons (Fsp3) is 0.353. The Kier molecular flexibility index (Phi) is 6.01. The van der Waals surface area contributed by atoms with Crippen molar-refractivity contribution in [1.29, 1.82) is 0 Å². The average Bonchev–Trinajstić information content (AvgIpc) is 2.84. The molecule has 0 aliphatic carbocycles. The highest BCUT2D eigenvalue weighted by molar-refractivity contribution is 7.14. The van der Waals surface area contributed by atoms with Gasteiger partial charge in [0.1, 0.15) is 6.61 Å². The maximum absolute atomic E-state index is 12.1. The first-order chi connectivity index (χ1) is 11.2. The molecule has 0 fully saturated rings. The molecule has 0 saturated heterocycles. The van der Waals surface area contributed by atoms with Crippen LogP contribution in [0.4, 0.5) is 13.2 Å². The van der Waals surface area contributed by atoms with Crippen molar-refractivity contribution in [3.05, 3.63) is 56.8 Å². The molecule has 1 amide bonds. The highest BCUT2D eigenvalue weighted by Gasteiger charge is 2.27. The topological polar surface area (TPSA) is 38.3 Å². The largest absolute Gasteiger partial charge is 0.411 e. The Bertz CT molecular complexity index is 673. The van der Waals surface area contributed by atoms with Crippen molar-refractivity contribution < 1.29 is 22.7 Å². The monoisotopic (exact) mass is 357 g/mol. The SMILES string of the molecule is Cc1cc(C(=O)NCc2ccc(COCC(F)(F)F)cc2)sc1C. The fourth-order valence-electron chi connectivity index (χ4n) is 1.99. The molecule has 1 heterocycles. The highest BCUT2D eigenvalue weighted by atomic mass is 32.1. The van der Waals surface area contributed by atoms with Gasteiger partial charge in [0.15, 0.2) is 0 Å². The normalized spacial score (nSPS) is 11.5. The molecule has 1 aromatic carbocycles. The standard InChI is InChI=1S/C17H18F3NO2S/c1-11-7-15(24-12(11)2)16(22)21-8-13-3-5-14(6-4-13)9-23-10-17(18,19)20/h3-7H,8-10H2,1-2H3,(H,21,22). The van der Waals surface area contributed by atoms with Crippen molar-refractivity contribution in [2.24, 2.45) is 0 Å². The number of halogens is 3. The number of carbonyl (C=O) groups is 1. The van der Waals surface area contributed by atoms with E-state index < -0.39 is 12.8 Å². The third-order valence-corrected chi connectivity index (χ3v) is 4.55. The Morgan fingerprint density at radius 1 is 1.17 bits per heavy atom. The van der Waals surface area contributed by atoms with Crippen LogP contribution in [0.3, 0.4) is 0 Å². The molecule has 0 aliphatic heterocycles. The second-order valence-corrected chi connectivity index (χ2v) is 6.71. The van der Waals surface area contributed by atoms with E-state index in [0.29, 0.717) is 17.0 Å². The van der Waals surface area contributed by atoms with Crippen molar-refractivity contribution in [3.8, 4) is 0 Å². The van der Waals surface area contributed by atoms with E-state index in [1.807, 2.05) is 19.9 Å². The summed E-state index contributed by atoms with van der Waals surface area (Å²) in [7, 11) is 0. The van der Waals surface area contributed by atoms with E-state index in [1.165, 1.54) is 11.3 Å². The lowest BCUT2D eigenvalue weighted by Gasteiger charge is -2.08. The number of alkyl halides is 3. The Hall–Kier alpha value is -1.86. The van der Waals surface area contributed by atoms with Crippen molar-refractivity contribution in [1.82, 2.24) is 5.32 Å². The molecule has 0 bridgehead atoms. The number of ether oxygens (including phenoxy) is 1. The second kappa shape index (κ2) is 7.81. The van der Waals surface area contributed by atoms with Crippen molar-refractivity contribution >= 4 is 17.2 Å². The van der Waals surface area contributed by atoms with Gasteiger partial charge in [-0.1, -0.05) is 24.3 Å². The predicted molar refractivity (Wildman–Crippen MR) is 87.1 cm³/mol. The van der Waals surface area contributed by atoms with E-state index >= 15 is 0 Å². The van der Waals surface area contributed by atoms with Crippen LogP contribution in [-0.2, 0) is 17.9 Å². The first-order valence-corrected chi connectivity index (χ1v) is 8.14. The molecule has 24 heavy (non-hydrogen) atoms. The van der Waals surface area contributed by atoms with Crippen LogP contribution in [0, 0.1) is 13.8 Å². The quantitative estimate of drug-likeness (QED) is 0.833. The molecule has 1 aromatic heterocycles. The van der Waals surface area contributed by atoms with Gasteiger partial charge < -0.3 is 10.1 Å². The highest BCUT2D eigenvalue weighted by Crippen LogP contribution is 2.20. The molecular weight excluding hydrogens is 339 g/mol. The average molecular weight is 357 g/mol. The number of hydrogen-bond acceptors (Lipinski definition) is 3. The van der Waals surface area contributed by atoms with E-state index in [1.54, 1.807) is 24.3 Å². The van der Waals surface area contributed by atoms with Gasteiger partial charge in [-0.15, -0.1) is 11.3 Å². The Labute approximate surface area is 142 Å². The Balaban J connectivity index is 1.82. The number of hydrogen-bond donors (Lipinski definition) is 1. The van der Waals surface area contributed by atoms with Gasteiger partial charge in [0.25, 0.3) is 5.91 Å². The number of carbonyl (C=O) groups excluding carboxylic acids is 1. The lowest BCUT2D eigenvalue weighted by atomic mass is 10.1. The number of benzene rings is 1. The number of nitrogens with one attached hydrogen (secondary N) is 1. The van der Waals surface area contributed by atoms with E-state index in [0.717, 1.165) is 16.0 Å². The molecule has 7 heteroatoms. The molecule has 130 valence electrons. The first kappa shape index (κ1) is 18.5. The summed E-state index contributed by atoms with van der Waals surface area (Å²) in [6, 6.07) is 8.76. The molecule has 0 saturated carbocycles. The van der Waals surface area contributed by atoms with Crippen LogP contribution in [-0.4, -0.2) is 18.7 Å². The zero-order chi connectivity index (χ0) is 17.7. The Morgan fingerprint density at radius 3 is 2.33 bits per heavy atom. The van der Waals surface area contributed by atoms with Gasteiger partial charge in [-0.2, -0.15) is 13.2 Å². The molecular formula is C17H18F3NO2S. The minimum Gasteiger partial charge on any atom is -0.367 e. The number of amides is 1. The summed E-state index contributed by atoms with van der Waals surface area (Å²) in [4.78, 5) is 13.8. The first-order valence-electron chi connectivity index (χ1n) is 7.32. The zero-order valence-corrected chi connectivity index (χ0v) is 14.2. The second-order valence-electron chi connectivity index (χ2n) is 5.46.